The molecular formula is C19H22ClN5O. The van der Waals surface area contributed by atoms with Crippen LogP contribution in [0.5, 0.6) is 0 Å². The number of benzene rings is 1. The van der Waals surface area contributed by atoms with Crippen molar-refractivity contribution in [3.05, 3.63) is 58.0 Å². The smallest absolute Gasteiger partial charge is 0.231 e. The van der Waals surface area contributed by atoms with Crippen LogP contribution in [0.4, 0.5) is 0 Å². The number of hydrogen-bond donors (Lipinski definition) is 1. The Bertz CT molecular complexity index is 922. The van der Waals surface area contributed by atoms with Crippen molar-refractivity contribution in [1.29, 1.82) is 0 Å². The van der Waals surface area contributed by atoms with Gasteiger partial charge in [0, 0.05) is 16.3 Å². The van der Waals surface area contributed by atoms with Gasteiger partial charge in [-0.2, -0.15) is 10.1 Å². The van der Waals surface area contributed by atoms with E-state index in [4.69, 9.17) is 21.9 Å². The van der Waals surface area contributed by atoms with Crippen molar-refractivity contribution in [3.63, 3.8) is 0 Å². The van der Waals surface area contributed by atoms with E-state index in [1.165, 1.54) is 0 Å². The summed E-state index contributed by atoms with van der Waals surface area (Å²) in [4.78, 5) is 4.58. The Morgan fingerprint density at radius 2 is 1.88 bits per heavy atom. The van der Waals surface area contributed by atoms with Crippen molar-refractivity contribution in [1.82, 2.24) is 19.9 Å². The molecule has 1 aromatic carbocycles. The average molecular weight is 372 g/mol. The van der Waals surface area contributed by atoms with Crippen LogP contribution < -0.4 is 5.73 Å². The highest BCUT2D eigenvalue weighted by molar-refractivity contribution is 6.30. The maximum absolute atomic E-state index is 6.43. The molecule has 1 saturated carbocycles. The van der Waals surface area contributed by atoms with Crippen molar-refractivity contribution in [3.8, 4) is 5.69 Å². The molecule has 0 saturated heterocycles. The summed E-state index contributed by atoms with van der Waals surface area (Å²) in [6.45, 7) is 4.04. The summed E-state index contributed by atoms with van der Waals surface area (Å²) in [5.74, 6) is 1.21. The number of nitrogens with zero attached hydrogens (tertiary/aromatic N) is 4. The number of nitrogens with two attached hydrogens (primary N) is 1. The number of halogens is 1. The quantitative estimate of drug-likeness (QED) is 0.753. The highest BCUT2D eigenvalue weighted by Gasteiger charge is 2.36. The molecule has 1 aliphatic carbocycles. The molecule has 0 amide bonds. The molecular weight excluding hydrogens is 350 g/mol. The number of aryl methyl sites for hydroxylation is 1. The van der Waals surface area contributed by atoms with Crippen molar-refractivity contribution in [2.24, 2.45) is 5.73 Å². The van der Waals surface area contributed by atoms with Gasteiger partial charge in [0.1, 0.15) is 0 Å². The van der Waals surface area contributed by atoms with Crippen molar-refractivity contribution in [2.45, 2.75) is 51.5 Å². The van der Waals surface area contributed by atoms with Crippen LogP contribution in [0.25, 0.3) is 5.69 Å². The van der Waals surface area contributed by atoms with Crippen LogP contribution in [0.3, 0.4) is 0 Å². The van der Waals surface area contributed by atoms with E-state index in [0.29, 0.717) is 23.2 Å². The molecule has 3 aromatic rings. The van der Waals surface area contributed by atoms with Crippen LogP contribution >= 0.6 is 11.6 Å². The standard InChI is InChI=1S/C19H22ClN5O/c1-12-16(13(2)25(23-12)15-7-5-14(20)6-8-15)11-17-22-18(24-26-17)19(21)9-3-4-10-19/h5-8H,3-4,9-11,21H2,1-2H3. The molecule has 2 heterocycles. The van der Waals surface area contributed by atoms with Gasteiger partial charge in [-0.1, -0.05) is 29.6 Å². The lowest BCUT2D eigenvalue weighted by molar-refractivity contribution is 0.352. The van der Waals surface area contributed by atoms with E-state index >= 15 is 0 Å². The average Bonchev–Trinajstić information content (AvgIpc) is 3.33. The number of aromatic nitrogens is 4. The van der Waals surface area contributed by atoms with E-state index in [1.54, 1.807) is 0 Å². The molecule has 136 valence electrons. The van der Waals surface area contributed by atoms with Crippen LogP contribution in [0.2, 0.25) is 5.02 Å². The van der Waals surface area contributed by atoms with Gasteiger partial charge < -0.3 is 10.3 Å². The summed E-state index contributed by atoms with van der Waals surface area (Å²) in [5, 5.41) is 9.52. The van der Waals surface area contributed by atoms with Crippen LogP contribution in [-0.4, -0.2) is 19.9 Å². The summed E-state index contributed by atoms with van der Waals surface area (Å²) < 4.78 is 7.41. The van der Waals surface area contributed by atoms with E-state index in [9.17, 15) is 0 Å². The third-order valence-electron chi connectivity index (χ3n) is 5.25. The minimum atomic E-state index is -0.431. The largest absolute Gasteiger partial charge is 0.339 e. The molecule has 1 aliphatic rings. The van der Waals surface area contributed by atoms with Crippen LogP contribution in [0, 0.1) is 13.8 Å². The fourth-order valence-corrected chi connectivity index (χ4v) is 3.80. The Kier molecular flexibility index (Phi) is 4.32. The summed E-state index contributed by atoms with van der Waals surface area (Å²) in [6.07, 6.45) is 4.62. The molecule has 0 bridgehead atoms. The summed E-state index contributed by atoms with van der Waals surface area (Å²) in [7, 11) is 0. The second-order valence-corrected chi connectivity index (χ2v) is 7.53. The van der Waals surface area contributed by atoms with Crippen molar-refractivity contribution in [2.75, 3.05) is 0 Å². The molecule has 4 rings (SSSR count). The highest BCUT2D eigenvalue weighted by atomic mass is 35.5. The molecule has 7 heteroatoms. The van der Waals surface area contributed by atoms with E-state index in [0.717, 1.165) is 48.3 Å². The normalized spacial score (nSPS) is 16.3. The lowest BCUT2D eigenvalue weighted by Gasteiger charge is -2.17. The molecule has 6 nitrogen and oxygen atoms in total. The van der Waals surface area contributed by atoms with Crippen LogP contribution in [0.15, 0.2) is 28.8 Å². The zero-order valence-corrected chi connectivity index (χ0v) is 15.8. The topological polar surface area (TPSA) is 82.8 Å². The molecule has 1 fully saturated rings. The first kappa shape index (κ1) is 17.2. The Morgan fingerprint density at radius 3 is 2.58 bits per heavy atom. The number of rotatable bonds is 4. The molecule has 2 aromatic heterocycles. The lowest BCUT2D eigenvalue weighted by Crippen LogP contribution is -2.34. The Hall–Kier alpha value is -2.18. The molecule has 26 heavy (non-hydrogen) atoms. The van der Waals surface area contributed by atoms with Gasteiger partial charge in [-0.3, -0.25) is 0 Å². The monoisotopic (exact) mass is 371 g/mol. The third kappa shape index (κ3) is 3.04. The maximum Gasteiger partial charge on any atom is 0.231 e. The first-order chi connectivity index (χ1) is 12.5. The van der Waals surface area contributed by atoms with E-state index in [2.05, 4.69) is 15.2 Å². The fourth-order valence-electron chi connectivity index (χ4n) is 3.67. The van der Waals surface area contributed by atoms with Gasteiger partial charge in [0.15, 0.2) is 5.82 Å². The second kappa shape index (κ2) is 6.52. The van der Waals surface area contributed by atoms with Gasteiger partial charge in [-0.05, 0) is 51.0 Å². The van der Waals surface area contributed by atoms with Gasteiger partial charge in [-0.15, -0.1) is 0 Å². The van der Waals surface area contributed by atoms with Crippen LogP contribution in [-0.2, 0) is 12.0 Å². The fraction of sp³-hybridized carbons (Fsp3) is 0.421. The second-order valence-electron chi connectivity index (χ2n) is 7.09. The third-order valence-corrected chi connectivity index (χ3v) is 5.50. The predicted octanol–water partition coefficient (Wildman–Crippen LogP) is 3.84. The van der Waals surface area contributed by atoms with Gasteiger partial charge in [-0.25, -0.2) is 4.68 Å². The predicted molar refractivity (Wildman–Crippen MR) is 99.5 cm³/mol. The highest BCUT2D eigenvalue weighted by Crippen LogP contribution is 2.34. The van der Waals surface area contributed by atoms with Gasteiger partial charge >= 0.3 is 0 Å². The minimum absolute atomic E-state index is 0.431. The molecule has 2 N–H and O–H groups in total. The van der Waals surface area contributed by atoms with E-state index < -0.39 is 5.54 Å². The number of hydrogen-bond acceptors (Lipinski definition) is 5. The van der Waals surface area contributed by atoms with Gasteiger partial charge in [0.2, 0.25) is 5.89 Å². The summed E-state index contributed by atoms with van der Waals surface area (Å²) in [6, 6.07) is 7.63. The molecule has 0 spiro atoms. The Labute approximate surface area is 157 Å². The zero-order valence-electron chi connectivity index (χ0n) is 15.0. The first-order valence-corrected chi connectivity index (χ1v) is 9.27. The Morgan fingerprint density at radius 1 is 1.19 bits per heavy atom. The van der Waals surface area contributed by atoms with Crippen molar-refractivity contribution >= 4 is 11.6 Å². The van der Waals surface area contributed by atoms with Crippen LogP contribution in [0.1, 0.15) is 54.3 Å². The Balaban J connectivity index is 1.61. The molecule has 0 unspecified atom stereocenters. The maximum atomic E-state index is 6.43. The zero-order chi connectivity index (χ0) is 18.3. The van der Waals surface area contributed by atoms with E-state index in [1.807, 2.05) is 42.8 Å². The summed E-state index contributed by atoms with van der Waals surface area (Å²) in [5.41, 5.74) is 10.1. The molecule has 0 radical (unpaired) electrons. The molecule has 0 aliphatic heterocycles. The summed E-state index contributed by atoms with van der Waals surface area (Å²) >= 11 is 5.98. The molecule has 0 atom stereocenters. The SMILES string of the molecule is Cc1nn(-c2ccc(Cl)cc2)c(C)c1Cc1nc(C2(N)CCCC2)no1. The van der Waals surface area contributed by atoms with E-state index in [-0.39, 0.29) is 0 Å². The minimum Gasteiger partial charge on any atom is -0.339 e. The first-order valence-electron chi connectivity index (χ1n) is 8.89. The van der Waals surface area contributed by atoms with Gasteiger partial charge in [0.05, 0.1) is 23.3 Å². The lowest BCUT2D eigenvalue weighted by atomic mass is 9.98. The van der Waals surface area contributed by atoms with Crippen molar-refractivity contribution < 1.29 is 4.52 Å². The van der Waals surface area contributed by atoms with Gasteiger partial charge in [0.25, 0.3) is 0 Å².